The minimum Gasteiger partial charge on any atom is -0.467 e. The average Bonchev–Trinajstić information content (AvgIpc) is 0.715. The van der Waals surface area contributed by atoms with Crippen LogP contribution in [0.3, 0.4) is 0 Å². The third-order valence-corrected chi connectivity index (χ3v) is 26.9. The molecule has 6 fully saturated rings. The molecule has 41 heteroatoms. The highest BCUT2D eigenvalue weighted by Crippen LogP contribution is 2.48. The number of aliphatic hydroxyl groups excluding tert-OH is 3. The molecule has 6 aliphatic rings. The molecule has 144 heavy (non-hydrogen) atoms. The smallest absolute Gasteiger partial charge is 0.337 e. The summed E-state index contributed by atoms with van der Waals surface area (Å²) in [5, 5.41) is 61.8. The molecule has 8 aromatic rings. The van der Waals surface area contributed by atoms with Crippen LogP contribution in [0.25, 0.3) is 10.4 Å². The van der Waals surface area contributed by atoms with Crippen molar-refractivity contribution in [1.82, 2.24) is 10.6 Å². The first kappa shape index (κ1) is 112. The fourth-order valence-electron chi connectivity index (χ4n) is 17.8. The summed E-state index contributed by atoms with van der Waals surface area (Å²) in [7, 11) is 1.07. The minimum atomic E-state index is -2.98. The molecule has 8 aromatic carbocycles. The fourth-order valence-corrected chi connectivity index (χ4v) is 18.7. The van der Waals surface area contributed by atoms with Crippen molar-refractivity contribution in [2.45, 2.75) is 265 Å². The van der Waals surface area contributed by atoms with Crippen molar-refractivity contribution in [2.24, 2.45) is 5.11 Å². The molecule has 0 radical (unpaired) electrons. The van der Waals surface area contributed by atoms with E-state index in [0.29, 0.717) is 34.2 Å². The van der Waals surface area contributed by atoms with Crippen molar-refractivity contribution in [1.29, 1.82) is 0 Å². The normalized spacial score (nSPS) is 30.4. The lowest BCUT2D eigenvalue weighted by Gasteiger charge is -2.58. The van der Waals surface area contributed by atoms with E-state index >= 15 is 14.7 Å². The standard InChI is InChI=1S/C103H120BrCl6N5O29/c1-63-73(127-54-66-31-14-5-15-32-66)49-75(129-56-68-35-18-7-19-36-68)91(135-63)101(122)79(61-126-53-65-29-12-4-13-30-65)139-96(81(114-100(121)103(108,109)110)92(101)144-97-86(83(118)82(117)78(52-116)138-97)141-94-76(130-57-69-37-20-8-21-38-69)50-74(64(2)136-94)128-55-67-33-16-6-17-34-67)142-88-87(132-59-71-41-24-10-25-42-71)90(133-60-72-43-26-11-27-44-72)98(143-89(88)93(119)123-3)140-85-80(113-99(120)102(105,106)107)95(134-62-125-47-28-46-124-48-45-112-115-111)137-77(51-104)84(85)131-58-70-39-22-9-23-40-70/h4-27,29-44,63-64,73-92,94-98,116-118,122H,28,45-62H2,1-3H3,(H,113,120)(H,114,121)/t63-,64?,73-,74?,75-,76?,77+,78+,79+,80+,81+,82-,83-,84+,85+,86+,87-,88+,89-,90+,91+,92+,94?,95+,96-,97-,98-,101-/m0/s1. The van der Waals surface area contributed by atoms with Gasteiger partial charge in [0.2, 0.25) is 0 Å². The van der Waals surface area contributed by atoms with Gasteiger partial charge in [0.15, 0.2) is 37.6 Å². The predicted molar refractivity (Wildman–Crippen MR) is 529 cm³/mol. The average molecular weight is 2180 g/mol. The number of esters is 1. The number of aliphatic hydroxyl groups is 4. The molecule has 0 aromatic heterocycles. The van der Waals surface area contributed by atoms with Gasteiger partial charge in [0, 0.05) is 36.2 Å². The van der Waals surface area contributed by atoms with Crippen LogP contribution in [0.4, 0.5) is 0 Å². The second-order valence-electron chi connectivity index (χ2n) is 35.3. The van der Waals surface area contributed by atoms with E-state index in [0.717, 1.165) is 23.8 Å². The Kier molecular flexibility index (Phi) is 43.7. The summed E-state index contributed by atoms with van der Waals surface area (Å²) in [6, 6.07) is 69.3. The Bertz CT molecular complexity index is 5190. The first-order chi connectivity index (χ1) is 69.8. The van der Waals surface area contributed by atoms with Gasteiger partial charge in [-0.05, 0) is 70.3 Å². The molecule has 0 spiro atoms. The van der Waals surface area contributed by atoms with E-state index in [1.807, 2.05) is 146 Å². The monoisotopic (exact) mass is 2180 g/mol. The van der Waals surface area contributed by atoms with Crippen LogP contribution in [0, 0.1) is 0 Å². The summed E-state index contributed by atoms with van der Waals surface area (Å²) < 4.78 is 146. The highest BCUT2D eigenvalue weighted by Gasteiger charge is 2.68. The molecule has 34 nitrogen and oxygen atoms in total. The lowest BCUT2D eigenvalue weighted by molar-refractivity contribution is -0.411. The second kappa shape index (κ2) is 56.0. The lowest BCUT2D eigenvalue weighted by Crippen LogP contribution is -2.80. The van der Waals surface area contributed by atoms with E-state index in [9.17, 15) is 20.1 Å². The number of ether oxygens (including phenoxy) is 22. The molecule has 0 saturated carbocycles. The molecular weight excluding hydrogens is 2060 g/mol. The van der Waals surface area contributed by atoms with Crippen molar-refractivity contribution in [3.8, 4) is 0 Å². The maximum atomic E-state index is 16.0. The van der Waals surface area contributed by atoms with Gasteiger partial charge >= 0.3 is 5.97 Å². The van der Waals surface area contributed by atoms with E-state index in [1.165, 1.54) is 0 Å². The number of methoxy groups -OCH3 is 1. The van der Waals surface area contributed by atoms with E-state index in [4.69, 9.17) is 179 Å². The van der Waals surface area contributed by atoms with Crippen LogP contribution in [0.2, 0.25) is 0 Å². The van der Waals surface area contributed by atoms with Gasteiger partial charge in [-0.3, -0.25) is 9.59 Å². The summed E-state index contributed by atoms with van der Waals surface area (Å²) in [6.07, 6.45) is -40.6. The summed E-state index contributed by atoms with van der Waals surface area (Å²) in [4.78, 5) is 49.1. The Balaban J connectivity index is 0.940. The number of hydrogen-bond acceptors (Lipinski definition) is 30. The van der Waals surface area contributed by atoms with Gasteiger partial charge in [0.1, 0.15) is 104 Å². The van der Waals surface area contributed by atoms with Crippen LogP contribution in [-0.2, 0) is 171 Å². The molecule has 6 heterocycles. The first-order valence-corrected chi connectivity index (χ1v) is 50.8. The zero-order chi connectivity index (χ0) is 102. The van der Waals surface area contributed by atoms with Gasteiger partial charge in [-0.2, -0.15) is 0 Å². The van der Waals surface area contributed by atoms with Crippen molar-refractivity contribution >= 4 is 103 Å². The maximum absolute atomic E-state index is 16.0. The number of nitrogens with one attached hydrogen (secondary N) is 2. The Hall–Kier alpha value is -7.30. The highest BCUT2D eigenvalue weighted by molar-refractivity contribution is 9.09. The van der Waals surface area contributed by atoms with Crippen molar-refractivity contribution in [3.05, 3.63) is 298 Å². The van der Waals surface area contributed by atoms with Gasteiger partial charge in [-0.25, -0.2) is 4.79 Å². The maximum Gasteiger partial charge on any atom is 0.337 e. The first-order valence-electron chi connectivity index (χ1n) is 47.4. The Morgan fingerprint density at radius 3 is 1.33 bits per heavy atom. The predicted octanol–water partition coefficient (Wildman–Crippen LogP) is 13.5. The molecule has 2 amide bonds. The van der Waals surface area contributed by atoms with Crippen LogP contribution in [0.5, 0.6) is 0 Å². The molecular formula is C103H120BrCl6N5O29. The van der Waals surface area contributed by atoms with Crippen LogP contribution in [-0.4, -0.2) is 276 Å². The van der Waals surface area contributed by atoms with Crippen LogP contribution in [0.15, 0.2) is 248 Å². The molecule has 6 N–H and O–H groups in total. The van der Waals surface area contributed by atoms with Crippen LogP contribution < -0.4 is 10.6 Å². The minimum absolute atomic E-state index is 0.00404. The summed E-state index contributed by atoms with van der Waals surface area (Å²) in [6.45, 7) is 0.994. The largest absolute Gasteiger partial charge is 0.467 e. The molecule has 6 saturated heterocycles. The SMILES string of the molecule is COC(=O)[C@H]1O[C@H](O[C@@H]2[C@@H](NC(=O)C(Cl)(Cl)Cl)[C@H](OCOCCCOCCN=[N+]=[N-])O[C@H](CBr)[C@H]2OCc2ccccc2)[C@H](OCc2ccccc2)[C@@H](OCc2ccccc2)[C@H]1O[C@@H]1O[C@H](COCc2ccccc2)[C@](O)([C@@H]2O[C@@H](C)[C@@H](OCc3ccccc3)C[C@@H]2OCc2ccccc2)[C@H](O[C@@H]2O[C@H](CO)[C@H](O)[C@H](O)[C@H]2OC2OC(C)C(OCc3ccccc3)CC2OCc2ccccc2)[C@H]1NC(=O)C(Cl)(Cl)Cl. The lowest BCUT2D eigenvalue weighted by atomic mass is 9.74. The Labute approximate surface area is 873 Å². The van der Waals surface area contributed by atoms with E-state index < -0.39 is 217 Å². The quantitative estimate of drug-likeness (QED) is 0.00392. The fraction of sp³-hybridized carbons (Fsp3) is 0.505. The molecule has 0 bridgehead atoms. The molecule has 780 valence electrons. The molecule has 6 aliphatic heterocycles. The number of carbonyl (C=O) groups excluding carboxylic acids is 3. The topological polar surface area (TPSA) is 408 Å². The highest BCUT2D eigenvalue weighted by atomic mass is 79.9. The Morgan fingerprint density at radius 1 is 0.438 bits per heavy atom. The number of alkyl halides is 7. The Morgan fingerprint density at radius 2 is 0.854 bits per heavy atom. The van der Waals surface area contributed by atoms with E-state index in [-0.39, 0.29) is 97.4 Å². The number of halogens is 7. The van der Waals surface area contributed by atoms with Gasteiger partial charge in [0.25, 0.3) is 19.4 Å². The van der Waals surface area contributed by atoms with Crippen LogP contribution in [0.1, 0.15) is 77.6 Å². The van der Waals surface area contributed by atoms with Gasteiger partial charge in [-0.1, -0.05) is 333 Å². The number of azide groups is 1. The number of carbonyl (C=O) groups is 3. The van der Waals surface area contributed by atoms with Crippen molar-refractivity contribution in [3.63, 3.8) is 0 Å². The zero-order valence-corrected chi connectivity index (χ0v) is 85.2. The third-order valence-electron chi connectivity index (χ3n) is 25.2. The third kappa shape index (κ3) is 31.2. The molecule has 0 aliphatic carbocycles. The van der Waals surface area contributed by atoms with E-state index in [2.05, 4.69) is 36.6 Å². The van der Waals surface area contributed by atoms with Gasteiger partial charge in [0.05, 0.1) is 123 Å². The second-order valence-corrected chi connectivity index (χ2v) is 40.5. The zero-order valence-electron chi connectivity index (χ0n) is 79.1. The number of benzene rings is 8. The number of hydrogen-bond donors (Lipinski definition) is 6. The number of amides is 2. The molecule has 4 unspecified atom stereocenters. The van der Waals surface area contributed by atoms with Crippen molar-refractivity contribution in [2.75, 3.05) is 58.8 Å². The van der Waals surface area contributed by atoms with Gasteiger partial charge < -0.3 is 135 Å². The van der Waals surface area contributed by atoms with Crippen LogP contribution >= 0.6 is 85.5 Å². The number of nitrogens with zero attached hydrogens (tertiary/aromatic N) is 3. The molecule has 28 atom stereocenters. The van der Waals surface area contributed by atoms with Crippen molar-refractivity contribution < 1.29 is 139 Å². The number of rotatable bonds is 49. The summed E-state index contributed by atoms with van der Waals surface area (Å²) >= 11 is 43.6. The summed E-state index contributed by atoms with van der Waals surface area (Å²) in [5.74, 6) is -3.82. The molecule has 14 rings (SSSR count). The van der Waals surface area contributed by atoms with E-state index in [1.54, 1.807) is 111 Å². The summed E-state index contributed by atoms with van der Waals surface area (Å²) in [5.41, 5.74) is 11.3. The van der Waals surface area contributed by atoms with Gasteiger partial charge in [-0.15, -0.1) is 0 Å².